The molecule has 8 heteroatoms. The Balaban J connectivity index is 1.78. The molecule has 3 aromatic carbocycles. The number of hydrogen-bond donors (Lipinski definition) is 1. The standard InChI is InChI=1S/C28H30N2O5S/c1-6-34-27(31)35-26-25(19-10-8-7-9-11-19)23-18-21(14-17-24(23)29-26)30(5)36(32,33)22-15-12-20(13-16-22)28(2,3)4/h7-18,29H,6H2,1-5H3. The predicted molar refractivity (Wildman–Crippen MR) is 142 cm³/mol. The van der Waals surface area contributed by atoms with E-state index in [0.717, 1.165) is 11.1 Å². The number of ether oxygens (including phenoxy) is 2. The van der Waals surface area contributed by atoms with Gasteiger partial charge >= 0.3 is 6.16 Å². The fourth-order valence-corrected chi connectivity index (χ4v) is 5.16. The second-order valence-corrected chi connectivity index (χ2v) is 11.4. The van der Waals surface area contributed by atoms with E-state index in [-0.39, 0.29) is 22.8 Å². The Morgan fingerprint density at radius 1 is 0.972 bits per heavy atom. The topological polar surface area (TPSA) is 88.7 Å². The third-order valence-electron chi connectivity index (χ3n) is 6.00. The largest absolute Gasteiger partial charge is 0.515 e. The number of nitrogens with one attached hydrogen (secondary N) is 1. The van der Waals surface area contributed by atoms with Crippen molar-refractivity contribution in [3.05, 3.63) is 78.4 Å². The maximum Gasteiger partial charge on any atom is 0.515 e. The van der Waals surface area contributed by atoms with Gasteiger partial charge in [-0.2, -0.15) is 0 Å². The lowest BCUT2D eigenvalue weighted by molar-refractivity contribution is 0.103. The second-order valence-electron chi connectivity index (χ2n) is 9.46. The van der Waals surface area contributed by atoms with Crippen molar-refractivity contribution < 1.29 is 22.7 Å². The summed E-state index contributed by atoms with van der Waals surface area (Å²) in [6.07, 6.45) is -0.820. The molecule has 0 fully saturated rings. The molecule has 4 aromatic rings. The van der Waals surface area contributed by atoms with E-state index in [4.69, 9.17) is 9.47 Å². The summed E-state index contributed by atoms with van der Waals surface area (Å²) in [5.41, 5.74) is 3.59. The molecule has 0 saturated heterocycles. The maximum absolute atomic E-state index is 13.4. The molecule has 0 unspecified atom stereocenters. The summed E-state index contributed by atoms with van der Waals surface area (Å²) in [7, 11) is -2.28. The normalized spacial score (nSPS) is 11.9. The fourth-order valence-electron chi connectivity index (χ4n) is 3.97. The molecule has 0 aliphatic heterocycles. The van der Waals surface area contributed by atoms with E-state index in [2.05, 4.69) is 25.8 Å². The number of carbonyl (C=O) groups excluding carboxylic acids is 1. The van der Waals surface area contributed by atoms with Crippen molar-refractivity contribution in [2.24, 2.45) is 0 Å². The first-order valence-electron chi connectivity index (χ1n) is 11.7. The highest BCUT2D eigenvalue weighted by Gasteiger charge is 2.24. The first-order chi connectivity index (χ1) is 17.0. The number of aromatic amines is 1. The average Bonchev–Trinajstić information content (AvgIpc) is 3.20. The Kier molecular flexibility index (Phi) is 6.82. The van der Waals surface area contributed by atoms with Gasteiger partial charge in [0.2, 0.25) is 5.88 Å². The molecular formula is C28H30N2O5S. The molecule has 4 rings (SSSR count). The van der Waals surface area contributed by atoms with E-state index < -0.39 is 16.2 Å². The summed E-state index contributed by atoms with van der Waals surface area (Å²) >= 11 is 0. The fraction of sp³-hybridized carbons (Fsp3) is 0.250. The van der Waals surface area contributed by atoms with Crippen LogP contribution < -0.4 is 9.04 Å². The van der Waals surface area contributed by atoms with E-state index in [1.165, 1.54) is 11.4 Å². The molecule has 0 radical (unpaired) electrons. The van der Waals surface area contributed by atoms with Gasteiger partial charge in [-0.05, 0) is 53.8 Å². The molecule has 1 aromatic heterocycles. The van der Waals surface area contributed by atoms with Crippen molar-refractivity contribution >= 4 is 32.8 Å². The van der Waals surface area contributed by atoms with Crippen LogP contribution in [0, 0.1) is 0 Å². The van der Waals surface area contributed by atoms with Gasteiger partial charge in [0.05, 0.1) is 22.8 Å². The molecule has 0 saturated carbocycles. The van der Waals surface area contributed by atoms with Crippen LogP contribution in [0.2, 0.25) is 0 Å². The minimum Gasteiger partial charge on any atom is -0.434 e. The molecule has 0 spiro atoms. The highest BCUT2D eigenvalue weighted by atomic mass is 32.2. The van der Waals surface area contributed by atoms with Crippen LogP contribution in [0.25, 0.3) is 22.0 Å². The number of anilines is 1. The molecule has 36 heavy (non-hydrogen) atoms. The molecular weight excluding hydrogens is 476 g/mol. The predicted octanol–water partition coefficient (Wildman–Crippen LogP) is 6.49. The van der Waals surface area contributed by atoms with Crippen LogP contribution in [0.15, 0.2) is 77.7 Å². The van der Waals surface area contributed by atoms with Gasteiger partial charge in [0.1, 0.15) is 0 Å². The minimum atomic E-state index is -3.80. The van der Waals surface area contributed by atoms with Gasteiger partial charge in [0.25, 0.3) is 10.0 Å². The summed E-state index contributed by atoms with van der Waals surface area (Å²) in [5, 5.41) is 0.711. The third-order valence-corrected chi connectivity index (χ3v) is 7.80. The Morgan fingerprint density at radius 2 is 1.64 bits per heavy atom. The van der Waals surface area contributed by atoms with Crippen LogP contribution in [-0.2, 0) is 20.2 Å². The first kappa shape index (κ1) is 25.3. The molecule has 0 bridgehead atoms. The van der Waals surface area contributed by atoms with Gasteiger partial charge in [-0.1, -0.05) is 63.2 Å². The molecule has 7 nitrogen and oxygen atoms in total. The third kappa shape index (κ3) is 4.95. The van der Waals surface area contributed by atoms with E-state index in [1.54, 1.807) is 37.3 Å². The van der Waals surface area contributed by atoms with Gasteiger partial charge in [-0.15, -0.1) is 0 Å². The zero-order chi connectivity index (χ0) is 26.1. The number of fused-ring (bicyclic) bond motifs is 1. The number of hydrogen-bond acceptors (Lipinski definition) is 5. The van der Waals surface area contributed by atoms with Gasteiger partial charge in [0, 0.05) is 18.0 Å². The SMILES string of the molecule is CCOC(=O)Oc1[nH]c2ccc(N(C)S(=O)(=O)c3ccc(C(C)(C)C)cc3)cc2c1-c1ccccc1. The summed E-state index contributed by atoms with van der Waals surface area (Å²) in [4.78, 5) is 15.4. The van der Waals surface area contributed by atoms with Gasteiger partial charge in [0.15, 0.2) is 0 Å². The highest BCUT2D eigenvalue weighted by Crippen LogP contribution is 2.39. The summed E-state index contributed by atoms with van der Waals surface area (Å²) in [5.74, 6) is 0.232. The van der Waals surface area contributed by atoms with Crippen molar-refractivity contribution in [1.29, 1.82) is 0 Å². The Bertz CT molecular complexity index is 1480. The van der Waals surface area contributed by atoms with Gasteiger partial charge in [-0.3, -0.25) is 4.31 Å². The number of carbonyl (C=O) groups is 1. The lowest BCUT2D eigenvalue weighted by Gasteiger charge is -2.22. The van der Waals surface area contributed by atoms with E-state index in [0.29, 0.717) is 22.2 Å². The molecule has 1 N–H and O–H groups in total. The molecule has 188 valence electrons. The first-order valence-corrected chi connectivity index (χ1v) is 13.1. The highest BCUT2D eigenvalue weighted by molar-refractivity contribution is 7.92. The zero-order valence-electron chi connectivity index (χ0n) is 21.0. The van der Waals surface area contributed by atoms with Crippen LogP contribution in [0.5, 0.6) is 5.88 Å². The summed E-state index contributed by atoms with van der Waals surface area (Å²) in [6, 6.07) is 21.7. The summed E-state index contributed by atoms with van der Waals surface area (Å²) in [6.45, 7) is 8.13. The number of sulfonamides is 1. The number of benzene rings is 3. The zero-order valence-corrected chi connectivity index (χ0v) is 21.8. The minimum absolute atomic E-state index is 0.0787. The quantitative estimate of drug-likeness (QED) is 0.302. The van der Waals surface area contributed by atoms with Crippen molar-refractivity contribution in [3.8, 4) is 17.0 Å². The Morgan fingerprint density at radius 3 is 2.25 bits per heavy atom. The van der Waals surface area contributed by atoms with E-state index >= 15 is 0 Å². The van der Waals surface area contributed by atoms with Crippen LogP contribution in [0.4, 0.5) is 10.5 Å². The number of aromatic nitrogens is 1. The smallest absolute Gasteiger partial charge is 0.434 e. The lowest BCUT2D eigenvalue weighted by Crippen LogP contribution is -2.26. The number of rotatable bonds is 6. The van der Waals surface area contributed by atoms with E-state index in [1.807, 2.05) is 42.5 Å². The molecule has 1 heterocycles. The summed E-state index contributed by atoms with van der Waals surface area (Å²) < 4.78 is 38.5. The average molecular weight is 507 g/mol. The van der Waals surface area contributed by atoms with E-state index in [9.17, 15) is 13.2 Å². The number of nitrogens with zero attached hydrogens (tertiary/aromatic N) is 1. The van der Waals surface area contributed by atoms with Crippen LogP contribution >= 0.6 is 0 Å². The van der Waals surface area contributed by atoms with Crippen LogP contribution in [0.3, 0.4) is 0 Å². The molecule has 0 aliphatic rings. The molecule has 0 aliphatic carbocycles. The second kappa shape index (κ2) is 9.70. The lowest BCUT2D eigenvalue weighted by atomic mass is 9.87. The number of H-pyrrole nitrogens is 1. The monoisotopic (exact) mass is 506 g/mol. The van der Waals surface area contributed by atoms with Crippen molar-refractivity contribution in [1.82, 2.24) is 4.98 Å². The van der Waals surface area contributed by atoms with Gasteiger partial charge < -0.3 is 14.5 Å². The van der Waals surface area contributed by atoms with Gasteiger partial charge in [-0.25, -0.2) is 13.2 Å². The molecule has 0 amide bonds. The van der Waals surface area contributed by atoms with Crippen molar-refractivity contribution in [3.63, 3.8) is 0 Å². The van der Waals surface area contributed by atoms with Crippen molar-refractivity contribution in [2.45, 2.75) is 38.0 Å². The Labute approximate surface area is 211 Å². The molecule has 0 atom stereocenters. The van der Waals surface area contributed by atoms with Crippen LogP contribution in [0.1, 0.15) is 33.3 Å². The maximum atomic E-state index is 13.4. The Hall–Kier alpha value is -3.78. The van der Waals surface area contributed by atoms with Crippen LogP contribution in [-0.4, -0.2) is 33.2 Å². The van der Waals surface area contributed by atoms with Crippen molar-refractivity contribution in [2.75, 3.05) is 18.0 Å².